The summed E-state index contributed by atoms with van der Waals surface area (Å²) in [5.41, 5.74) is 13.1. The maximum absolute atomic E-state index is 4.34. The summed E-state index contributed by atoms with van der Waals surface area (Å²) in [5.74, 6) is 0. The molecule has 43 heavy (non-hydrogen) atoms. The van der Waals surface area contributed by atoms with Gasteiger partial charge in [-0.1, -0.05) is 0 Å². The minimum atomic E-state index is -4.34. The van der Waals surface area contributed by atoms with E-state index in [2.05, 4.69) is 167 Å². The van der Waals surface area contributed by atoms with Crippen LogP contribution in [0.15, 0.2) is 118 Å². The summed E-state index contributed by atoms with van der Waals surface area (Å²) in [7, 11) is 0. The second kappa shape index (κ2) is 10.3. The summed E-state index contributed by atoms with van der Waals surface area (Å²) in [6, 6.07) is 37.6. The van der Waals surface area contributed by atoms with Gasteiger partial charge in [-0.15, -0.1) is 0 Å². The molecule has 0 bridgehead atoms. The van der Waals surface area contributed by atoms with Crippen LogP contribution in [0.25, 0.3) is 11.1 Å². The van der Waals surface area contributed by atoms with Gasteiger partial charge in [0.2, 0.25) is 0 Å². The molecule has 0 amide bonds. The van der Waals surface area contributed by atoms with Crippen LogP contribution in [-0.4, -0.2) is 3.21 Å². The Morgan fingerprint density at radius 3 is 1.44 bits per heavy atom. The first-order valence-corrected chi connectivity index (χ1v) is 24.8. The van der Waals surface area contributed by atoms with Crippen LogP contribution in [0.5, 0.6) is 0 Å². The predicted octanol–water partition coefficient (Wildman–Crippen LogP) is 11.6. The van der Waals surface area contributed by atoms with Crippen LogP contribution < -0.4 is 0 Å². The molecule has 0 heterocycles. The second-order valence-electron chi connectivity index (χ2n) is 16.0. The first-order valence-electron chi connectivity index (χ1n) is 16.0. The number of allylic oxidation sites excluding steroid dienone is 4. The Balaban J connectivity index is 1.85. The van der Waals surface area contributed by atoms with E-state index in [9.17, 15) is 0 Å². The minimum absolute atomic E-state index is 0.0773. The summed E-state index contributed by atoms with van der Waals surface area (Å²) in [5, 5.41) is 0. The zero-order chi connectivity index (χ0) is 30.8. The van der Waals surface area contributed by atoms with Crippen molar-refractivity contribution in [3.63, 3.8) is 0 Å². The molecule has 0 atom stereocenters. The summed E-state index contributed by atoms with van der Waals surface area (Å²) in [4.78, 5) is 0. The van der Waals surface area contributed by atoms with Crippen molar-refractivity contribution in [2.45, 2.75) is 78.6 Å². The molecule has 0 aliphatic heterocycles. The fourth-order valence-corrected chi connectivity index (χ4v) is 24.9. The monoisotopic (exact) mass is 642 g/mol. The normalized spacial score (nSPS) is 15.6. The predicted molar refractivity (Wildman–Crippen MR) is 185 cm³/mol. The van der Waals surface area contributed by atoms with Gasteiger partial charge < -0.3 is 0 Å². The van der Waals surface area contributed by atoms with Crippen molar-refractivity contribution in [2.24, 2.45) is 0 Å². The molecule has 0 unspecified atom stereocenters. The van der Waals surface area contributed by atoms with Gasteiger partial charge in [-0.05, 0) is 0 Å². The fourth-order valence-electron chi connectivity index (χ4n) is 8.08. The summed E-state index contributed by atoms with van der Waals surface area (Å²) < 4.78 is 9.16. The third-order valence-electron chi connectivity index (χ3n) is 10.5. The van der Waals surface area contributed by atoms with Crippen molar-refractivity contribution in [3.8, 4) is 11.1 Å². The average Bonchev–Trinajstić information content (AvgIpc) is 3.55. The fraction of sp³-hybridized carbons (Fsp3) is 0.310. The zero-order valence-electron chi connectivity index (χ0n) is 27.7. The van der Waals surface area contributed by atoms with Gasteiger partial charge in [0.15, 0.2) is 0 Å². The number of hydrogen-bond donors (Lipinski definition) is 0. The molecule has 220 valence electrons. The van der Waals surface area contributed by atoms with E-state index < -0.39 is 18.3 Å². The van der Waals surface area contributed by atoms with Crippen molar-refractivity contribution < 1.29 is 18.3 Å². The molecule has 0 fully saturated rings. The van der Waals surface area contributed by atoms with E-state index >= 15 is 0 Å². The topological polar surface area (TPSA) is 0 Å². The zero-order valence-corrected chi connectivity index (χ0v) is 30.1. The van der Waals surface area contributed by atoms with Gasteiger partial charge in [0.05, 0.1) is 0 Å². The maximum atomic E-state index is 2.77. The van der Waals surface area contributed by atoms with Gasteiger partial charge in [0.1, 0.15) is 0 Å². The summed E-state index contributed by atoms with van der Waals surface area (Å²) in [6.45, 7) is 16.4. The molecule has 0 nitrogen and oxygen atoms in total. The van der Waals surface area contributed by atoms with Gasteiger partial charge in [-0.2, -0.15) is 0 Å². The van der Waals surface area contributed by atoms with E-state index in [1.807, 2.05) is 0 Å². The van der Waals surface area contributed by atoms with E-state index in [4.69, 9.17) is 0 Å². The third kappa shape index (κ3) is 4.97. The second-order valence-corrected chi connectivity index (χ2v) is 32.4. The number of rotatable bonds is 4. The number of hydrogen-bond acceptors (Lipinski definition) is 0. The van der Waals surface area contributed by atoms with Crippen molar-refractivity contribution in [2.75, 3.05) is 0 Å². The molecule has 0 aromatic heterocycles. The van der Waals surface area contributed by atoms with E-state index in [0.29, 0.717) is 3.63 Å². The molecule has 0 radical (unpaired) electrons. The quantitative estimate of drug-likeness (QED) is 0.208. The average molecular weight is 644 g/mol. The summed E-state index contributed by atoms with van der Waals surface area (Å²) >= 11 is -4.34. The molecule has 4 aromatic carbocycles. The molecule has 4 aromatic rings. The van der Waals surface area contributed by atoms with E-state index in [-0.39, 0.29) is 10.8 Å². The molecule has 6 rings (SSSR count). The van der Waals surface area contributed by atoms with Crippen molar-refractivity contribution in [1.29, 1.82) is 0 Å². The SMILES string of the molecule is CC1=CC[C]([Zr]([CH3])([CH3])(=[C](c2ccccc2)c2ccccc2)[CH]2c3cc(C(C)(C)C)ccc3-c3ccc(C(C)(C)C)cc32)=C1. The Bertz CT molecular complexity index is 1740. The molecule has 2 aliphatic carbocycles. The molecule has 2 aliphatic rings. The first kappa shape index (κ1) is 30.2. The van der Waals surface area contributed by atoms with Gasteiger partial charge in [-0.25, -0.2) is 0 Å². The molecule has 0 spiro atoms. The van der Waals surface area contributed by atoms with Crippen LogP contribution in [0.4, 0.5) is 0 Å². The van der Waals surface area contributed by atoms with Gasteiger partial charge >= 0.3 is 263 Å². The van der Waals surface area contributed by atoms with Crippen LogP contribution >= 0.6 is 0 Å². The Morgan fingerprint density at radius 2 is 1.07 bits per heavy atom. The van der Waals surface area contributed by atoms with Crippen LogP contribution in [0, 0.1) is 0 Å². The third-order valence-corrected chi connectivity index (χ3v) is 27.2. The van der Waals surface area contributed by atoms with Gasteiger partial charge in [0.25, 0.3) is 0 Å². The van der Waals surface area contributed by atoms with E-state index in [1.54, 1.807) is 17.6 Å². The van der Waals surface area contributed by atoms with E-state index in [0.717, 1.165) is 6.42 Å². The Labute approximate surface area is 261 Å². The van der Waals surface area contributed by atoms with Gasteiger partial charge in [0, 0.05) is 0 Å². The van der Waals surface area contributed by atoms with Crippen molar-refractivity contribution >= 4 is 3.21 Å². The molecule has 0 saturated heterocycles. The molecular weight excluding hydrogens is 596 g/mol. The van der Waals surface area contributed by atoms with Crippen molar-refractivity contribution in [1.82, 2.24) is 0 Å². The Morgan fingerprint density at radius 1 is 0.628 bits per heavy atom. The molecular formula is C42H48Zr. The summed E-state index contributed by atoms with van der Waals surface area (Å²) in [6.07, 6.45) is 6.10. The number of fused-ring (bicyclic) bond motifs is 3. The van der Waals surface area contributed by atoms with Crippen LogP contribution in [0.2, 0.25) is 9.26 Å². The first-order chi connectivity index (χ1) is 20.2. The molecule has 0 N–H and O–H groups in total. The Kier molecular flexibility index (Phi) is 7.25. The molecule has 1 heteroatoms. The van der Waals surface area contributed by atoms with E-state index in [1.165, 1.54) is 39.0 Å². The van der Waals surface area contributed by atoms with Gasteiger partial charge in [-0.3, -0.25) is 0 Å². The van der Waals surface area contributed by atoms with Crippen molar-refractivity contribution in [3.05, 3.63) is 151 Å². The van der Waals surface area contributed by atoms with Crippen LogP contribution in [-0.2, 0) is 29.1 Å². The standard InChI is InChI=1S/C21H25.C13H10.C6H7.2CH3.Zr/c1-20(2,3)16-7-9-18-14(12-16)11-15-13-17(21(4,5)6)8-10-19(15)18;1-3-7-12(8-4-1)11-13-9-5-2-6-10-13;1-6-4-2-3-5-6;;;/h7-13H,1-6H3;1-10H;4-5H,2H2,1H3;2*1H3;. The van der Waals surface area contributed by atoms with Crippen LogP contribution in [0.1, 0.15) is 91.9 Å². The van der Waals surface area contributed by atoms with Crippen LogP contribution in [0.3, 0.4) is 0 Å². The molecule has 0 saturated carbocycles. The Hall–Kier alpha value is -2.89. The number of benzene rings is 4.